The Labute approximate surface area is 159 Å². The Balaban J connectivity index is 1.27. The zero-order valence-electron chi connectivity index (χ0n) is 14.7. The molecule has 0 bridgehead atoms. The first kappa shape index (κ1) is 17.1. The molecule has 0 heterocycles. The van der Waals surface area contributed by atoms with Crippen LogP contribution < -0.4 is 4.74 Å². The molecule has 2 aromatic carbocycles. The zero-order chi connectivity index (χ0) is 17.2. The van der Waals surface area contributed by atoms with Crippen molar-refractivity contribution in [3.05, 3.63) is 53.0 Å². The number of rotatable bonds is 8. The maximum Gasteiger partial charge on any atom is 0.119 e. The van der Waals surface area contributed by atoms with E-state index in [9.17, 15) is 0 Å². The third kappa shape index (κ3) is 4.86. The summed E-state index contributed by atoms with van der Waals surface area (Å²) in [5.41, 5.74) is 2.25. The lowest BCUT2D eigenvalue weighted by atomic mass is 10.1. The number of nitrogens with zero attached hydrogens (tertiary/aromatic N) is 1. The van der Waals surface area contributed by atoms with Gasteiger partial charge in [-0.3, -0.25) is 0 Å². The van der Waals surface area contributed by atoms with Crippen molar-refractivity contribution in [2.45, 2.75) is 19.3 Å². The van der Waals surface area contributed by atoms with E-state index in [2.05, 4.69) is 64.3 Å². The molecule has 0 amide bonds. The summed E-state index contributed by atoms with van der Waals surface area (Å²) in [4.78, 5) is 2.52. The number of halogens is 1. The number of benzene rings is 2. The van der Waals surface area contributed by atoms with E-state index in [4.69, 9.17) is 4.74 Å². The molecule has 2 atom stereocenters. The first-order valence-corrected chi connectivity index (χ1v) is 10.1. The van der Waals surface area contributed by atoms with Crippen LogP contribution in [0.1, 0.15) is 19.3 Å². The van der Waals surface area contributed by atoms with E-state index in [1.54, 1.807) is 0 Å². The van der Waals surface area contributed by atoms with Crippen molar-refractivity contribution in [3.8, 4) is 16.9 Å². The van der Waals surface area contributed by atoms with Gasteiger partial charge in [-0.2, -0.15) is 0 Å². The number of hydrogen-bond acceptors (Lipinski definition) is 2. The predicted octanol–water partition coefficient (Wildman–Crippen LogP) is 5.27. The van der Waals surface area contributed by atoms with E-state index < -0.39 is 0 Å². The quantitative estimate of drug-likeness (QED) is 0.600. The second kappa shape index (κ2) is 7.51. The topological polar surface area (TPSA) is 12.5 Å². The van der Waals surface area contributed by atoms with Gasteiger partial charge in [0.2, 0.25) is 0 Å². The molecule has 4 rings (SSSR count). The van der Waals surface area contributed by atoms with E-state index in [1.807, 2.05) is 12.1 Å². The normalized spacial score (nSPS) is 22.2. The van der Waals surface area contributed by atoms with Gasteiger partial charge in [-0.15, -0.1) is 0 Å². The van der Waals surface area contributed by atoms with E-state index in [0.717, 1.165) is 40.1 Å². The Morgan fingerprint density at radius 1 is 1.12 bits per heavy atom. The Morgan fingerprint density at radius 2 is 1.92 bits per heavy atom. The van der Waals surface area contributed by atoms with Gasteiger partial charge < -0.3 is 9.64 Å². The summed E-state index contributed by atoms with van der Waals surface area (Å²) in [5, 5.41) is 0. The molecule has 2 aliphatic carbocycles. The van der Waals surface area contributed by atoms with Crippen LogP contribution in [0.5, 0.6) is 5.75 Å². The maximum absolute atomic E-state index is 6.07. The van der Waals surface area contributed by atoms with Crippen LogP contribution in [-0.2, 0) is 0 Å². The molecule has 2 unspecified atom stereocenters. The maximum atomic E-state index is 6.07. The van der Waals surface area contributed by atoms with Crippen molar-refractivity contribution in [3.63, 3.8) is 0 Å². The van der Waals surface area contributed by atoms with Gasteiger partial charge in [0.05, 0.1) is 6.61 Å². The smallest absolute Gasteiger partial charge is 0.119 e. The molecular weight excluding hydrogens is 374 g/mol. The average molecular weight is 399 g/mol. The molecule has 2 aromatic rings. The molecular formula is C22H25BrNO. The minimum absolute atomic E-state index is 0.724. The van der Waals surface area contributed by atoms with E-state index in [0.29, 0.717) is 0 Å². The minimum Gasteiger partial charge on any atom is -0.493 e. The molecule has 131 valence electrons. The molecule has 1 radical (unpaired) electrons. The lowest BCUT2D eigenvalue weighted by Crippen LogP contribution is -2.24. The summed E-state index contributed by atoms with van der Waals surface area (Å²) in [6.07, 6.45) is 4.19. The van der Waals surface area contributed by atoms with Crippen LogP contribution in [0.2, 0.25) is 0 Å². The van der Waals surface area contributed by atoms with E-state index in [-0.39, 0.29) is 0 Å². The number of hydrogen-bond donors (Lipinski definition) is 0. The van der Waals surface area contributed by atoms with Crippen molar-refractivity contribution >= 4 is 15.9 Å². The summed E-state index contributed by atoms with van der Waals surface area (Å²) in [6, 6.07) is 17.7. The standard InChI is InChI=1S/C22H25BrNO/c1-24(13-16-5-6-16)14-19-11-20(19)15-25-22-4-2-3-18(12-22)17-7-9-21(23)10-8-17/h2,4,7-10,12,16,19-20H,5-6,11,13-15H2,1H3. The second-order valence-corrected chi connectivity index (χ2v) is 8.59. The molecule has 25 heavy (non-hydrogen) atoms. The van der Waals surface area contributed by atoms with Gasteiger partial charge >= 0.3 is 0 Å². The summed E-state index contributed by atoms with van der Waals surface area (Å²) in [7, 11) is 2.27. The van der Waals surface area contributed by atoms with Crippen LogP contribution in [0.15, 0.2) is 46.9 Å². The van der Waals surface area contributed by atoms with Crippen molar-refractivity contribution in [2.75, 3.05) is 26.7 Å². The first-order valence-electron chi connectivity index (χ1n) is 9.26. The van der Waals surface area contributed by atoms with Gasteiger partial charge in [0.1, 0.15) is 5.75 Å². The van der Waals surface area contributed by atoms with Gasteiger partial charge in [-0.05, 0) is 85.5 Å². The highest BCUT2D eigenvalue weighted by Gasteiger charge is 2.38. The molecule has 2 aliphatic rings. The first-order chi connectivity index (χ1) is 12.2. The predicted molar refractivity (Wildman–Crippen MR) is 106 cm³/mol. The van der Waals surface area contributed by atoms with Gasteiger partial charge in [0, 0.05) is 17.6 Å². The molecule has 2 saturated carbocycles. The highest BCUT2D eigenvalue weighted by atomic mass is 79.9. The molecule has 0 saturated heterocycles. The Bertz CT molecular complexity index is 710. The van der Waals surface area contributed by atoms with E-state index >= 15 is 0 Å². The van der Waals surface area contributed by atoms with Gasteiger partial charge in [-0.1, -0.05) is 34.1 Å². The van der Waals surface area contributed by atoms with E-state index in [1.165, 1.54) is 37.9 Å². The molecule has 0 aromatic heterocycles. The van der Waals surface area contributed by atoms with Gasteiger partial charge in [0.25, 0.3) is 0 Å². The van der Waals surface area contributed by atoms with Crippen LogP contribution >= 0.6 is 15.9 Å². The van der Waals surface area contributed by atoms with Crippen molar-refractivity contribution < 1.29 is 4.74 Å². The van der Waals surface area contributed by atoms with Crippen LogP contribution in [0.4, 0.5) is 0 Å². The highest BCUT2D eigenvalue weighted by molar-refractivity contribution is 9.10. The lowest BCUT2D eigenvalue weighted by Gasteiger charge is -2.16. The molecule has 2 fully saturated rings. The van der Waals surface area contributed by atoms with Gasteiger partial charge in [-0.25, -0.2) is 0 Å². The third-order valence-electron chi connectivity index (χ3n) is 5.27. The van der Waals surface area contributed by atoms with Crippen LogP contribution in [0.25, 0.3) is 11.1 Å². The molecule has 0 N–H and O–H groups in total. The summed E-state index contributed by atoms with van der Waals surface area (Å²) in [6.45, 7) is 3.36. The fourth-order valence-corrected chi connectivity index (χ4v) is 3.75. The highest BCUT2D eigenvalue weighted by Crippen LogP contribution is 2.40. The third-order valence-corrected chi connectivity index (χ3v) is 5.80. The monoisotopic (exact) mass is 398 g/mol. The fourth-order valence-electron chi connectivity index (χ4n) is 3.49. The molecule has 3 heteroatoms. The fraction of sp³-hybridized carbons (Fsp3) is 0.455. The SMILES string of the molecule is CN(CC1CC1)CC1CC1COc1cc[c]c(-c2ccc(Br)cc2)c1. The van der Waals surface area contributed by atoms with Crippen LogP contribution in [0, 0.1) is 23.8 Å². The van der Waals surface area contributed by atoms with Crippen molar-refractivity contribution in [1.29, 1.82) is 0 Å². The molecule has 0 aliphatic heterocycles. The minimum atomic E-state index is 0.724. The van der Waals surface area contributed by atoms with Crippen molar-refractivity contribution in [1.82, 2.24) is 4.90 Å². The lowest BCUT2D eigenvalue weighted by molar-refractivity contribution is 0.265. The van der Waals surface area contributed by atoms with Gasteiger partial charge in [0.15, 0.2) is 0 Å². The summed E-state index contributed by atoms with van der Waals surface area (Å²) >= 11 is 3.48. The Morgan fingerprint density at radius 3 is 2.68 bits per heavy atom. The zero-order valence-corrected chi connectivity index (χ0v) is 16.3. The Kier molecular flexibility index (Phi) is 5.14. The summed E-state index contributed by atoms with van der Waals surface area (Å²) in [5.74, 6) is 3.48. The second-order valence-electron chi connectivity index (χ2n) is 7.68. The van der Waals surface area contributed by atoms with Crippen LogP contribution in [0.3, 0.4) is 0 Å². The largest absolute Gasteiger partial charge is 0.493 e. The average Bonchev–Trinajstić information content (AvgIpc) is 3.53. The Hall–Kier alpha value is -1.32. The van der Waals surface area contributed by atoms with Crippen molar-refractivity contribution in [2.24, 2.45) is 17.8 Å². The molecule has 0 spiro atoms. The number of ether oxygens (including phenoxy) is 1. The summed E-state index contributed by atoms with van der Waals surface area (Å²) < 4.78 is 7.17. The van der Waals surface area contributed by atoms with Crippen LogP contribution in [-0.4, -0.2) is 31.6 Å². The molecule has 2 nitrogen and oxygen atoms in total.